The molecule has 1 N–H and O–H groups in total. The molecule has 0 unspecified atom stereocenters. The number of nitrogens with zero attached hydrogens (tertiary/aromatic N) is 2. The van der Waals surface area contributed by atoms with Crippen molar-refractivity contribution in [3.63, 3.8) is 0 Å². The molecule has 0 bridgehead atoms. The fourth-order valence-corrected chi connectivity index (χ4v) is 2.11. The van der Waals surface area contributed by atoms with E-state index in [0.29, 0.717) is 36.0 Å². The Bertz CT molecular complexity index is 665. The summed E-state index contributed by atoms with van der Waals surface area (Å²) in [6.45, 7) is 6.69. The summed E-state index contributed by atoms with van der Waals surface area (Å²) >= 11 is 0. The molecular weight excluding hydrogens is 282 g/mol. The van der Waals surface area contributed by atoms with Gasteiger partial charge in [-0.05, 0) is 39.0 Å². The minimum atomic E-state index is -0.208. The lowest BCUT2D eigenvalue weighted by Crippen LogP contribution is -2.12. The topological polar surface area (TPSA) is 65.4 Å². The summed E-state index contributed by atoms with van der Waals surface area (Å²) in [5, 5.41) is 7.05. The van der Waals surface area contributed by atoms with Crippen molar-refractivity contribution in [3.05, 3.63) is 35.7 Å². The van der Waals surface area contributed by atoms with Crippen LogP contribution in [0, 0.1) is 6.92 Å². The van der Waals surface area contributed by atoms with Gasteiger partial charge < -0.3 is 14.8 Å². The lowest BCUT2D eigenvalue weighted by molar-refractivity contribution is 0.102. The van der Waals surface area contributed by atoms with Crippen molar-refractivity contribution in [2.24, 2.45) is 7.05 Å². The molecule has 0 fully saturated rings. The van der Waals surface area contributed by atoms with E-state index in [9.17, 15) is 4.79 Å². The van der Waals surface area contributed by atoms with Gasteiger partial charge in [0.2, 0.25) is 0 Å². The van der Waals surface area contributed by atoms with E-state index in [0.717, 1.165) is 5.69 Å². The lowest BCUT2D eigenvalue weighted by Gasteiger charge is -2.12. The molecule has 1 aromatic heterocycles. The van der Waals surface area contributed by atoms with Gasteiger partial charge in [-0.3, -0.25) is 9.48 Å². The largest absolute Gasteiger partial charge is 0.490 e. The lowest BCUT2D eigenvalue weighted by atomic mass is 10.2. The first-order valence-electron chi connectivity index (χ1n) is 7.26. The Kier molecular flexibility index (Phi) is 5.04. The smallest absolute Gasteiger partial charge is 0.255 e. The van der Waals surface area contributed by atoms with Crippen LogP contribution in [0.1, 0.15) is 29.9 Å². The number of hydrogen-bond donors (Lipinski definition) is 1. The molecule has 1 heterocycles. The summed E-state index contributed by atoms with van der Waals surface area (Å²) in [5.41, 5.74) is 1.97. The van der Waals surface area contributed by atoms with E-state index in [-0.39, 0.29) is 5.91 Å². The summed E-state index contributed by atoms with van der Waals surface area (Å²) in [4.78, 5) is 12.4. The van der Waals surface area contributed by atoms with Gasteiger partial charge in [0.15, 0.2) is 11.5 Å². The van der Waals surface area contributed by atoms with Crippen molar-refractivity contribution in [1.29, 1.82) is 0 Å². The molecule has 0 saturated carbocycles. The van der Waals surface area contributed by atoms with Crippen LogP contribution in [0.25, 0.3) is 0 Å². The standard InChI is InChI=1S/C16H21N3O3/c1-5-21-14-8-7-12(9-15(14)22-6-2)16(20)17-13-10-19(4)18-11(13)3/h7-10H,5-6H2,1-4H3,(H,17,20). The molecule has 1 aromatic carbocycles. The molecule has 0 radical (unpaired) electrons. The first kappa shape index (κ1) is 15.9. The second kappa shape index (κ2) is 6.98. The number of aryl methyl sites for hydroxylation is 2. The Morgan fingerprint density at radius 2 is 1.91 bits per heavy atom. The third-order valence-electron chi connectivity index (χ3n) is 3.07. The van der Waals surface area contributed by atoms with Crippen LogP contribution in [-0.4, -0.2) is 28.9 Å². The Balaban J connectivity index is 2.22. The number of benzene rings is 1. The molecule has 6 heteroatoms. The third-order valence-corrected chi connectivity index (χ3v) is 3.07. The summed E-state index contributed by atoms with van der Waals surface area (Å²) < 4.78 is 12.7. The number of nitrogens with one attached hydrogen (secondary N) is 1. The average Bonchev–Trinajstić information content (AvgIpc) is 2.79. The van der Waals surface area contributed by atoms with Crippen LogP contribution >= 0.6 is 0 Å². The number of hydrogen-bond acceptors (Lipinski definition) is 4. The van der Waals surface area contributed by atoms with Gasteiger partial charge in [0.05, 0.1) is 24.6 Å². The van der Waals surface area contributed by atoms with Crippen LogP contribution in [-0.2, 0) is 7.05 Å². The molecule has 1 amide bonds. The van der Waals surface area contributed by atoms with E-state index in [1.807, 2.05) is 27.8 Å². The van der Waals surface area contributed by atoms with Gasteiger partial charge in [0.25, 0.3) is 5.91 Å². The van der Waals surface area contributed by atoms with Gasteiger partial charge >= 0.3 is 0 Å². The Morgan fingerprint density at radius 1 is 1.23 bits per heavy atom. The maximum atomic E-state index is 12.4. The summed E-state index contributed by atoms with van der Waals surface area (Å²) in [5.74, 6) is 0.999. The Hall–Kier alpha value is -2.50. The van der Waals surface area contributed by atoms with Crippen molar-refractivity contribution < 1.29 is 14.3 Å². The third kappa shape index (κ3) is 3.58. The van der Waals surface area contributed by atoms with Gasteiger partial charge in [-0.2, -0.15) is 5.10 Å². The van der Waals surface area contributed by atoms with E-state index in [1.165, 1.54) is 0 Å². The molecule has 0 saturated heterocycles. The highest BCUT2D eigenvalue weighted by atomic mass is 16.5. The fraction of sp³-hybridized carbons (Fsp3) is 0.375. The summed E-state index contributed by atoms with van der Waals surface area (Å²) in [6.07, 6.45) is 1.77. The zero-order valence-corrected chi connectivity index (χ0v) is 13.3. The predicted octanol–water partition coefficient (Wildman–Crippen LogP) is 2.78. The van der Waals surface area contributed by atoms with Crippen LogP contribution < -0.4 is 14.8 Å². The highest BCUT2D eigenvalue weighted by Crippen LogP contribution is 2.29. The van der Waals surface area contributed by atoms with E-state index < -0.39 is 0 Å². The average molecular weight is 303 g/mol. The highest BCUT2D eigenvalue weighted by Gasteiger charge is 2.13. The molecule has 2 aromatic rings. The van der Waals surface area contributed by atoms with Gasteiger partial charge in [-0.1, -0.05) is 0 Å². The normalized spacial score (nSPS) is 10.4. The second-order valence-electron chi connectivity index (χ2n) is 4.78. The van der Waals surface area contributed by atoms with Crippen LogP contribution in [0.15, 0.2) is 24.4 Å². The minimum Gasteiger partial charge on any atom is -0.490 e. The number of carbonyl (C=O) groups excluding carboxylic acids is 1. The van der Waals surface area contributed by atoms with Crippen molar-refractivity contribution in [2.75, 3.05) is 18.5 Å². The van der Waals surface area contributed by atoms with Crippen LogP contribution in [0.3, 0.4) is 0 Å². The summed E-state index contributed by atoms with van der Waals surface area (Å²) in [6, 6.07) is 5.16. The number of carbonyl (C=O) groups is 1. The monoisotopic (exact) mass is 303 g/mol. The molecule has 0 aliphatic heterocycles. The van der Waals surface area contributed by atoms with Crippen molar-refractivity contribution in [1.82, 2.24) is 9.78 Å². The van der Waals surface area contributed by atoms with Gasteiger partial charge in [0.1, 0.15) is 0 Å². The molecule has 22 heavy (non-hydrogen) atoms. The molecule has 0 aliphatic rings. The van der Waals surface area contributed by atoms with E-state index >= 15 is 0 Å². The summed E-state index contributed by atoms with van der Waals surface area (Å²) in [7, 11) is 1.81. The molecule has 118 valence electrons. The van der Waals surface area contributed by atoms with E-state index in [4.69, 9.17) is 9.47 Å². The van der Waals surface area contributed by atoms with Gasteiger partial charge in [-0.15, -0.1) is 0 Å². The number of rotatable bonds is 6. The number of aromatic nitrogens is 2. The zero-order chi connectivity index (χ0) is 16.1. The first-order valence-corrected chi connectivity index (χ1v) is 7.26. The molecular formula is C16H21N3O3. The van der Waals surface area contributed by atoms with Gasteiger partial charge in [-0.25, -0.2) is 0 Å². The number of anilines is 1. The van der Waals surface area contributed by atoms with E-state index in [2.05, 4.69) is 10.4 Å². The van der Waals surface area contributed by atoms with E-state index in [1.54, 1.807) is 29.1 Å². The minimum absolute atomic E-state index is 0.208. The molecule has 0 spiro atoms. The number of amides is 1. The molecule has 0 aliphatic carbocycles. The van der Waals surface area contributed by atoms with Gasteiger partial charge in [0, 0.05) is 18.8 Å². The van der Waals surface area contributed by atoms with Crippen LogP contribution in [0.5, 0.6) is 11.5 Å². The Morgan fingerprint density at radius 3 is 2.50 bits per heavy atom. The quantitative estimate of drug-likeness (QED) is 0.891. The van der Waals surface area contributed by atoms with Crippen LogP contribution in [0.2, 0.25) is 0 Å². The number of ether oxygens (including phenoxy) is 2. The molecule has 0 atom stereocenters. The zero-order valence-electron chi connectivity index (χ0n) is 13.3. The second-order valence-corrected chi connectivity index (χ2v) is 4.78. The van der Waals surface area contributed by atoms with Crippen molar-refractivity contribution in [3.8, 4) is 11.5 Å². The SMILES string of the molecule is CCOc1ccc(C(=O)Nc2cn(C)nc2C)cc1OCC. The molecule has 2 rings (SSSR count). The first-order chi connectivity index (χ1) is 10.5. The predicted molar refractivity (Wildman–Crippen MR) is 84.7 cm³/mol. The Labute approximate surface area is 130 Å². The fourth-order valence-electron chi connectivity index (χ4n) is 2.11. The maximum Gasteiger partial charge on any atom is 0.255 e. The maximum absolute atomic E-state index is 12.4. The van der Waals surface area contributed by atoms with Crippen molar-refractivity contribution in [2.45, 2.75) is 20.8 Å². The highest BCUT2D eigenvalue weighted by molar-refractivity contribution is 6.04. The van der Waals surface area contributed by atoms with Crippen LogP contribution in [0.4, 0.5) is 5.69 Å². The molecule has 6 nitrogen and oxygen atoms in total. The van der Waals surface area contributed by atoms with Crippen molar-refractivity contribution >= 4 is 11.6 Å².